The number of methoxy groups -OCH3 is 2. The van der Waals surface area contributed by atoms with E-state index in [0.717, 1.165) is 23.3 Å². The fourth-order valence-electron chi connectivity index (χ4n) is 3.85. The van der Waals surface area contributed by atoms with Crippen molar-refractivity contribution in [2.45, 2.75) is 38.6 Å². The predicted octanol–water partition coefficient (Wildman–Crippen LogP) is 4.96. The normalized spacial score (nSPS) is 15.7. The number of hydrogen-bond acceptors (Lipinski definition) is 4. The lowest BCUT2D eigenvalue weighted by Crippen LogP contribution is -2.42. The molecule has 162 valence electrons. The highest BCUT2D eigenvalue weighted by Crippen LogP contribution is 2.38. The van der Waals surface area contributed by atoms with Crippen molar-refractivity contribution >= 4 is 17.5 Å². The minimum atomic E-state index is -0.214. The Morgan fingerprint density at radius 1 is 1.13 bits per heavy atom. The quantitative estimate of drug-likeness (QED) is 0.554. The Balaban J connectivity index is 1.89. The van der Waals surface area contributed by atoms with Crippen molar-refractivity contribution in [3.63, 3.8) is 0 Å². The minimum Gasteiger partial charge on any atom is -0.493 e. The van der Waals surface area contributed by atoms with Crippen LogP contribution in [0.2, 0.25) is 0 Å². The Morgan fingerprint density at radius 3 is 2.40 bits per heavy atom. The van der Waals surface area contributed by atoms with E-state index in [-0.39, 0.29) is 11.9 Å². The number of rotatable bonds is 8. The van der Waals surface area contributed by atoms with E-state index in [2.05, 4.69) is 26.0 Å². The molecule has 0 saturated carbocycles. The zero-order valence-electron chi connectivity index (χ0n) is 18.1. The lowest BCUT2D eigenvalue weighted by molar-refractivity contribution is -0.134. The summed E-state index contributed by atoms with van der Waals surface area (Å²) in [7, 11) is 3.25. The van der Waals surface area contributed by atoms with Gasteiger partial charge in [0.05, 0.1) is 20.3 Å². The number of alkyl halides is 1. The summed E-state index contributed by atoms with van der Waals surface area (Å²) >= 11 is 5.85. The summed E-state index contributed by atoms with van der Waals surface area (Å²) in [6.07, 6.45) is 1.06. The highest BCUT2D eigenvalue weighted by Gasteiger charge is 2.32. The number of ether oxygens (including phenoxy) is 3. The van der Waals surface area contributed by atoms with E-state index in [1.54, 1.807) is 14.2 Å². The van der Waals surface area contributed by atoms with Gasteiger partial charge in [-0.1, -0.05) is 26.0 Å². The number of fused-ring (bicyclic) bond motifs is 1. The predicted molar refractivity (Wildman–Crippen MR) is 119 cm³/mol. The van der Waals surface area contributed by atoms with Crippen LogP contribution in [0.3, 0.4) is 0 Å². The van der Waals surface area contributed by atoms with Gasteiger partial charge in [-0.2, -0.15) is 0 Å². The second kappa shape index (κ2) is 10.1. The molecular formula is C24H30ClNO4. The standard InChI is InChI=1S/C24H30ClNO4/c1-16(2)17-5-7-19(8-6-17)30-15-21-20-14-23(29-4)22(28-3)13-18(20)10-12-26(21)24(27)9-11-25/h5-8,13-14,16,21H,9-12,15H2,1-4H3. The highest BCUT2D eigenvalue weighted by molar-refractivity contribution is 6.18. The number of carbonyl (C=O) groups excluding carboxylic acids is 1. The zero-order valence-corrected chi connectivity index (χ0v) is 18.9. The van der Waals surface area contributed by atoms with Crippen LogP contribution >= 0.6 is 11.6 Å². The van der Waals surface area contributed by atoms with Gasteiger partial charge in [0.25, 0.3) is 0 Å². The molecule has 1 amide bonds. The third-order valence-corrected chi connectivity index (χ3v) is 5.77. The zero-order chi connectivity index (χ0) is 21.7. The molecule has 0 saturated heterocycles. The highest BCUT2D eigenvalue weighted by atomic mass is 35.5. The maximum atomic E-state index is 12.8. The first kappa shape index (κ1) is 22.3. The van der Waals surface area contributed by atoms with Gasteiger partial charge < -0.3 is 19.1 Å². The molecule has 0 aromatic heterocycles. The molecule has 6 heteroatoms. The molecule has 1 unspecified atom stereocenters. The first-order chi connectivity index (χ1) is 14.5. The van der Waals surface area contributed by atoms with Gasteiger partial charge in [-0.05, 0) is 53.3 Å². The van der Waals surface area contributed by atoms with Gasteiger partial charge in [0.1, 0.15) is 12.4 Å². The van der Waals surface area contributed by atoms with Crippen LogP contribution in [0.1, 0.15) is 48.9 Å². The first-order valence-corrected chi connectivity index (χ1v) is 10.8. The molecule has 1 atom stereocenters. The molecule has 0 fully saturated rings. The summed E-state index contributed by atoms with van der Waals surface area (Å²) in [5.74, 6) is 2.94. The molecular weight excluding hydrogens is 402 g/mol. The van der Waals surface area contributed by atoms with E-state index in [1.165, 1.54) is 5.56 Å². The summed E-state index contributed by atoms with van der Waals surface area (Å²) in [6.45, 7) is 5.31. The number of amides is 1. The van der Waals surface area contributed by atoms with Crippen molar-refractivity contribution in [1.29, 1.82) is 0 Å². The van der Waals surface area contributed by atoms with Crippen LogP contribution < -0.4 is 14.2 Å². The van der Waals surface area contributed by atoms with Crippen LogP contribution in [0, 0.1) is 0 Å². The minimum absolute atomic E-state index is 0.0363. The Morgan fingerprint density at radius 2 is 1.80 bits per heavy atom. The van der Waals surface area contributed by atoms with Crippen LogP contribution in [-0.2, 0) is 11.2 Å². The van der Waals surface area contributed by atoms with E-state index in [9.17, 15) is 4.79 Å². The number of carbonyl (C=O) groups is 1. The van der Waals surface area contributed by atoms with Gasteiger partial charge in [0.2, 0.25) is 5.91 Å². The molecule has 0 radical (unpaired) electrons. The number of hydrogen-bond donors (Lipinski definition) is 0. The molecule has 0 spiro atoms. The Labute approximate surface area is 183 Å². The SMILES string of the molecule is COc1cc2c(cc1OC)C(COc1ccc(C(C)C)cc1)N(C(=O)CCCl)CC2. The lowest BCUT2D eigenvalue weighted by Gasteiger charge is -2.37. The van der Waals surface area contributed by atoms with Crippen molar-refractivity contribution in [3.8, 4) is 17.2 Å². The van der Waals surface area contributed by atoms with Crippen molar-refractivity contribution in [3.05, 3.63) is 53.1 Å². The van der Waals surface area contributed by atoms with Crippen LogP contribution in [0.5, 0.6) is 17.2 Å². The average molecular weight is 432 g/mol. The topological polar surface area (TPSA) is 48.0 Å². The molecule has 0 N–H and O–H groups in total. The maximum absolute atomic E-state index is 12.8. The number of nitrogens with zero attached hydrogens (tertiary/aromatic N) is 1. The van der Waals surface area contributed by atoms with Crippen LogP contribution in [0.4, 0.5) is 0 Å². The van der Waals surface area contributed by atoms with Crippen molar-refractivity contribution in [1.82, 2.24) is 4.90 Å². The van der Waals surface area contributed by atoms with E-state index >= 15 is 0 Å². The fourth-order valence-corrected chi connectivity index (χ4v) is 4.02. The van der Waals surface area contributed by atoms with Gasteiger partial charge in [-0.15, -0.1) is 11.6 Å². The second-order valence-electron chi connectivity index (χ2n) is 7.73. The molecule has 5 nitrogen and oxygen atoms in total. The molecule has 3 rings (SSSR count). The van der Waals surface area contributed by atoms with Crippen LogP contribution in [0.15, 0.2) is 36.4 Å². The third-order valence-electron chi connectivity index (χ3n) is 5.59. The molecule has 1 aliphatic heterocycles. The summed E-state index contributed by atoms with van der Waals surface area (Å²) in [5, 5.41) is 0. The van der Waals surface area contributed by atoms with Gasteiger partial charge in [-0.3, -0.25) is 4.79 Å². The smallest absolute Gasteiger partial charge is 0.224 e. The van der Waals surface area contributed by atoms with E-state index in [0.29, 0.717) is 42.9 Å². The number of benzene rings is 2. The summed E-state index contributed by atoms with van der Waals surface area (Å²) in [5.41, 5.74) is 3.44. The largest absolute Gasteiger partial charge is 0.493 e. The third kappa shape index (κ3) is 4.84. The average Bonchev–Trinajstić information content (AvgIpc) is 2.76. The molecule has 1 aliphatic rings. The Hall–Kier alpha value is -2.40. The van der Waals surface area contributed by atoms with Crippen LogP contribution in [0.25, 0.3) is 0 Å². The summed E-state index contributed by atoms with van der Waals surface area (Å²) in [4.78, 5) is 14.6. The molecule has 2 aromatic rings. The van der Waals surface area contributed by atoms with E-state index in [1.807, 2.05) is 29.2 Å². The molecule has 30 heavy (non-hydrogen) atoms. The Kier molecular flexibility index (Phi) is 7.48. The lowest BCUT2D eigenvalue weighted by atomic mass is 9.92. The van der Waals surface area contributed by atoms with Gasteiger partial charge in [0.15, 0.2) is 11.5 Å². The number of halogens is 1. The van der Waals surface area contributed by atoms with Gasteiger partial charge >= 0.3 is 0 Å². The van der Waals surface area contributed by atoms with Gasteiger partial charge in [-0.25, -0.2) is 0 Å². The van der Waals surface area contributed by atoms with Crippen molar-refractivity contribution < 1.29 is 19.0 Å². The monoisotopic (exact) mass is 431 g/mol. The summed E-state index contributed by atoms with van der Waals surface area (Å²) < 4.78 is 17.1. The maximum Gasteiger partial charge on any atom is 0.224 e. The second-order valence-corrected chi connectivity index (χ2v) is 8.11. The van der Waals surface area contributed by atoms with E-state index in [4.69, 9.17) is 25.8 Å². The molecule has 2 aromatic carbocycles. The van der Waals surface area contributed by atoms with Crippen molar-refractivity contribution in [2.24, 2.45) is 0 Å². The molecule has 0 aliphatic carbocycles. The van der Waals surface area contributed by atoms with Gasteiger partial charge in [0, 0.05) is 18.8 Å². The van der Waals surface area contributed by atoms with Crippen LogP contribution in [-0.4, -0.2) is 44.1 Å². The van der Waals surface area contributed by atoms with E-state index < -0.39 is 0 Å². The molecule has 1 heterocycles. The fraction of sp³-hybridized carbons (Fsp3) is 0.458. The Bertz CT molecular complexity index is 866. The first-order valence-electron chi connectivity index (χ1n) is 10.3. The summed E-state index contributed by atoms with van der Waals surface area (Å²) in [6, 6.07) is 11.9. The molecule has 0 bridgehead atoms. The van der Waals surface area contributed by atoms with Crippen molar-refractivity contribution in [2.75, 3.05) is 33.3 Å².